The van der Waals surface area contributed by atoms with Gasteiger partial charge in [-0.1, -0.05) is 36.3 Å². The molecule has 0 fully saturated rings. The van der Waals surface area contributed by atoms with Crippen LogP contribution in [0.25, 0.3) is 0 Å². The fraction of sp³-hybridized carbons (Fsp3) is 0.100. The first kappa shape index (κ1) is 8.48. The molecule has 1 nitrogen and oxygen atoms in total. The number of alkyl halides is 1. The number of halogens is 1. The third-order valence-electron chi connectivity index (χ3n) is 1.30. The molecule has 0 atom stereocenters. The fourth-order valence-electron chi connectivity index (χ4n) is 0.775. The van der Waals surface area contributed by atoms with Gasteiger partial charge in [0, 0.05) is 5.56 Å². The summed E-state index contributed by atoms with van der Waals surface area (Å²) in [5.41, 5.74) is 0.499. The largest absolute Gasteiger partial charge is 0.279 e. The predicted molar refractivity (Wildman–Crippen MR) is 44.5 cm³/mol. The molecule has 12 heavy (non-hydrogen) atoms. The zero-order valence-corrected chi connectivity index (χ0v) is 6.38. The third-order valence-corrected chi connectivity index (χ3v) is 1.30. The van der Waals surface area contributed by atoms with Crippen LogP contribution in [0.5, 0.6) is 0 Å². The Morgan fingerprint density at radius 2 is 2.00 bits per heavy atom. The van der Waals surface area contributed by atoms with E-state index in [-0.39, 0.29) is 5.78 Å². The van der Waals surface area contributed by atoms with Crippen LogP contribution in [0.1, 0.15) is 10.4 Å². The quantitative estimate of drug-likeness (QED) is 0.350. The minimum Gasteiger partial charge on any atom is -0.279 e. The Kier molecular flexibility index (Phi) is 3.04. The summed E-state index contributed by atoms with van der Waals surface area (Å²) >= 11 is 0. The van der Waals surface area contributed by atoms with Gasteiger partial charge in [0.2, 0.25) is 5.78 Å². The van der Waals surface area contributed by atoms with E-state index in [9.17, 15) is 9.18 Å². The minimum absolute atomic E-state index is 0.340. The van der Waals surface area contributed by atoms with Crippen molar-refractivity contribution in [2.75, 3.05) is 6.67 Å². The van der Waals surface area contributed by atoms with Gasteiger partial charge >= 0.3 is 0 Å². The van der Waals surface area contributed by atoms with Crippen molar-refractivity contribution in [2.24, 2.45) is 0 Å². The van der Waals surface area contributed by atoms with E-state index >= 15 is 0 Å². The maximum Gasteiger partial charge on any atom is 0.235 e. The Bertz CT molecular complexity index is 319. The zero-order chi connectivity index (χ0) is 8.81. The van der Waals surface area contributed by atoms with Gasteiger partial charge < -0.3 is 0 Å². The monoisotopic (exact) mass is 162 g/mol. The van der Waals surface area contributed by atoms with Crippen molar-refractivity contribution in [3.63, 3.8) is 0 Å². The van der Waals surface area contributed by atoms with Gasteiger partial charge in [-0.3, -0.25) is 4.79 Å². The summed E-state index contributed by atoms with van der Waals surface area (Å²) in [5, 5.41) is 0. The molecule has 0 bridgehead atoms. The van der Waals surface area contributed by atoms with E-state index in [1.54, 1.807) is 30.3 Å². The summed E-state index contributed by atoms with van der Waals surface area (Å²) in [5.74, 6) is 3.93. The maximum absolute atomic E-state index is 11.5. The van der Waals surface area contributed by atoms with E-state index in [0.29, 0.717) is 5.56 Å². The smallest absolute Gasteiger partial charge is 0.235 e. The third kappa shape index (κ3) is 2.21. The lowest BCUT2D eigenvalue weighted by Gasteiger charge is -1.89. The van der Waals surface area contributed by atoms with Crippen LogP contribution in [0.2, 0.25) is 0 Å². The van der Waals surface area contributed by atoms with Crippen molar-refractivity contribution in [3.05, 3.63) is 35.9 Å². The van der Waals surface area contributed by atoms with Crippen LogP contribution in [0.4, 0.5) is 4.39 Å². The van der Waals surface area contributed by atoms with Crippen LogP contribution in [-0.2, 0) is 0 Å². The number of benzene rings is 1. The van der Waals surface area contributed by atoms with Crippen LogP contribution >= 0.6 is 0 Å². The standard InChI is InChI=1S/C10H7FO/c11-8-4-7-10(12)9-5-2-1-3-6-9/h1-3,5-6H,8H2. The topological polar surface area (TPSA) is 17.1 Å². The molecule has 0 saturated heterocycles. The Morgan fingerprint density at radius 3 is 2.58 bits per heavy atom. The van der Waals surface area contributed by atoms with Gasteiger partial charge in [-0.15, -0.1) is 0 Å². The summed E-state index contributed by atoms with van der Waals surface area (Å²) in [7, 11) is 0. The maximum atomic E-state index is 11.5. The Labute approximate surface area is 70.2 Å². The summed E-state index contributed by atoms with van der Waals surface area (Å²) in [4.78, 5) is 11.1. The number of carbonyl (C=O) groups excluding carboxylic acids is 1. The first-order chi connectivity index (χ1) is 5.84. The molecule has 2 heteroatoms. The van der Waals surface area contributed by atoms with Gasteiger partial charge in [0.25, 0.3) is 0 Å². The second-order valence-corrected chi connectivity index (χ2v) is 2.13. The molecule has 0 aliphatic rings. The molecular formula is C10H7FO. The van der Waals surface area contributed by atoms with Gasteiger partial charge in [0.1, 0.15) is 0 Å². The first-order valence-electron chi connectivity index (χ1n) is 3.49. The predicted octanol–water partition coefficient (Wildman–Crippen LogP) is 1.84. The average molecular weight is 162 g/mol. The van der Waals surface area contributed by atoms with E-state index in [2.05, 4.69) is 11.8 Å². The fourth-order valence-corrected chi connectivity index (χ4v) is 0.775. The SMILES string of the molecule is O=C(C#CCF)c1ccccc1. The van der Waals surface area contributed by atoms with E-state index in [0.717, 1.165) is 0 Å². The summed E-state index contributed by atoms with van der Waals surface area (Å²) in [6.07, 6.45) is 0. The second kappa shape index (κ2) is 4.30. The van der Waals surface area contributed by atoms with Crippen molar-refractivity contribution < 1.29 is 9.18 Å². The molecule has 0 radical (unpaired) electrons. The number of rotatable bonds is 1. The Morgan fingerprint density at radius 1 is 1.33 bits per heavy atom. The van der Waals surface area contributed by atoms with Gasteiger partial charge in [-0.25, -0.2) is 4.39 Å². The molecule has 0 unspecified atom stereocenters. The van der Waals surface area contributed by atoms with Gasteiger partial charge in [0.15, 0.2) is 6.67 Å². The molecule has 0 heterocycles. The number of carbonyl (C=O) groups is 1. The van der Waals surface area contributed by atoms with E-state index in [1.165, 1.54) is 0 Å². The molecule has 0 amide bonds. The van der Waals surface area contributed by atoms with Crippen LogP contribution in [-0.4, -0.2) is 12.5 Å². The first-order valence-corrected chi connectivity index (χ1v) is 3.49. The normalized spacial score (nSPS) is 8.42. The average Bonchev–Trinajstić information content (AvgIpc) is 2.15. The lowest BCUT2D eigenvalue weighted by molar-refractivity contribution is 0.105. The van der Waals surface area contributed by atoms with Crippen LogP contribution in [0, 0.1) is 11.8 Å². The van der Waals surface area contributed by atoms with Crippen LogP contribution < -0.4 is 0 Å². The van der Waals surface area contributed by atoms with Crippen LogP contribution in [0.3, 0.4) is 0 Å². The van der Waals surface area contributed by atoms with Crippen molar-refractivity contribution in [3.8, 4) is 11.8 Å². The second-order valence-electron chi connectivity index (χ2n) is 2.13. The molecule has 0 spiro atoms. The number of ketones is 1. The molecule has 1 rings (SSSR count). The van der Waals surface area contributed by atoms with E-state index in [4.69, 9.17) is 0 Å². The highest BCUT2D eigenvalue weighted by Gasteiger charge is 1.97. The summed E-state index contributed by atoms with van der Waals surface area (Å²) in [6.45, 7) is -0.779. The molecule has 1 aromatic carbocycles. The highest BCUT2D eigenvalue weighted by Crippen LogP contribution is 1.98. The lowest BCUT2D eigenvalue weighted by Crippen LogP contribution is -1.93. The molecule has 60 valence electrons. The Balaban J connectivity index is 2.79. The molecule has 0 N–H and O–H groups in total. The highest BCUT2D eigenvalue weighted by atomic mass is 19.1. The van der Waals surface area contributed by atoms with Crippen molar-refractivity contribution in [1.29, 1.82) is 0 Å². The molecule has 1 aromatic rings. The van der Waals surface area contributed by atoms with Gasteiger partial charge in [-0.05, 0) is 5.92 Å². The number of Topliss-reactive ketones (excluding diaryl/α,β-unsaturated/α-hetero) is 1. The number of hydrogen-bond acceptors (Lipinski definition) is 1. The van der Waals surface area contributed by atoms with Crippen molar-refractivity contribution in [2.45, 2.75) is 0 Å². The molecule has 0 saturated carbocycles. The molecule has 0 aliphatic heterocycles. The molecule has 0 aromatic heterocycles. The van der Waals surface area contributed by atoms with Crippen molar-refractivity contribution >= 4 is 5.78 Å². The van der Waals surface area contributed by atoms with Gasteiger partial charge in [0.05, 0.1) is 0 Å². The van der Waals surface area contributed by atoms with E-state index < -0.39 is 6.67 Å². The van der Waals surface area contributed by atoms with Crippen LogP contribution in [0.15, 0.2) is 30.3 Å². The van der Waals surface area contributed by atoms with Crippen molar-refractivity contribution in [1.82, 2.24) is 0 Å². The molecule has 0 aliphatic carbocycles. The van der Waals surface area contributed by atoms with Gasteiger partial charge in [-0.2, -0.15) is 0 Å². The Hall–Kier alpha value is -1.62. The van der Waals surface area contributed by atoms with E-state index in [1.807, 2.05) is 0 Å². The minimum atomic E-state index is -0.779. The molecular weight excluding hydrogens is 155 g/mol. The number of hydrogen-bond donors (Lipinski definition) is 0. The summed E-state index contributed by atoms with van der Waals surface area (Å²) in [6, 6.07) is 8.58. The zero-order valence-electron chi connectivity index (χ0n) is 6.38. The highest BCUT2D eigenvalue weighted by molar-refractivity contribution is 6.08. The lowest BCUT2D eigenvalue weighted by atomic mass is 10.1. The summed E-state index contributed by atoms with van der Waals surface area (Å²) < 4.78 is 11.5.